The molecule has 0 saturated heterocycles. The van der Waals surface area contributed by atoms with Crippen LogP contribution in [0.4, 0.5) is 0 Å². The van der Waals surface area contributed by atoms with E-state index in [1.54, 1.807) is 13.8 Å². The number of rotatable bonds is 12. The summed E-state index contributed by atoms with van der Waals surface area (Å²) < 4.78 is 11.0. The lowest BCUT2D eigenvalue weighted by molar-refractivity contribution is -0.262. The molecule has 0 unspecified atom stereocenters. The highest BCUT2D eigenvalue weighted by molar-refractivity contribution is 5.87. The molecule has 38 heavy (non-hydrogen) atoms. The number of hydrogen-bond donors (Lipinski definition) is 2. The van der Waals surface area contributed by atoms with Gasteiger partial charge in [0.25, 0.3) is 0 Å². The highest BCUT2D eigenvalue weighted by Crippen LogP contribution is 2.78. The first-order chi connectivity index (χ1) is 17.3. The molecule has 0 aromatic rings. The number of aliphatic carboxylic acids is 2. The molecule has 4 saturated carbocycles. The monoisotopic (exact) mass is 532 g/mol. The summed E-state index contributed by atoms with van der Waals surface area (Å²) in [6, 6.07) is 0. The smallest absolute Gasteiger partial charge is 0.333 e. The Labute approximate surface area is 225 Å². The van der Waals surface area contributed by atoms with E-state index in [2.05, 4.69) is 13.2 Å². The van der Waals surface area contributed by atoms with E-state index < -0.39 is 51.0 Å². The van der Waals surface area contributed by atoms with Crippen molar-refractivity contribution in [3.63, 3.8) is 0 Å². The zero-order valence-corrected chi connectivity index (χ0v) is 23.8. The number of carboxylic acids is 2. The van der Waals surface area contributed by atoms with Crippen LogP contribution in [0.5, 0.6) is 0 Å². The highest BCUT2D eigenvalue weighted by Gasteiger charge is 2.77. The van der Waals surface area contributed by atoms with Gasteiger partial charge in [0, 0.05) is 16.6 Å². The van der Waals surface area contributed by atoms with Crippen molar-refractivity contribution < 1.29 is 38.9 Å². The van der Waals surface area contributed by atoms with Gasteiger partial charge in [-0.05, 0) is 81.5 Å². The standard InChI is InChI=1S/C30H44O8/c1-18(2)22(31)37-16-26(5,6)14-30(15-27(7,8)17-38-23(32)19(3)4)28(24(33)34)10-20-9-21(12-28)13-29(30,11-20)25(35)36/h20-21H,1,3,9-17H2,2,4-8H3,(H,33,34)(H,35,36). The lowest BCUT2D eigenvalue weighted by atomic mass is 9.30. The van der Waals surface area contributed by atoms with Gasteiger partial charge in [0.05, 0.1) is 24.0 Å². The first-order valence-corrected chi connectivity index (χ1v) is 13.4. The van der Waals surface area contributed by atoms with Gasteiger partial charge < -0.3 is 19.7 Å². The van der Waals surface area contributed by atoms with Gasteiger partial charge in [-0.1, -0.05) is 40.9 Å². The molecule has 0 aromatic heterocycles. The summed E-state index contributed by atoms with van der Waals surface area (Å²) in [5.74, 6) is -2.91. The fourth-order valence-corrected chi connectivity index (χ4v) is 8.33. The predicted octanol–water partition coefficient (Wildman–Crippen LogP) is 5.41. The summed E-state index contributed by atoms with van der Waals surface area (Å²) in [6.45, 7) is 18.0. The van der Waals surface area contributed by atoms with Crippen LogP contribution in [-0.2, 0) is 28.7 Å². The van der Waals surface area contributed by atoms with E-state index in [1.807, 2.05) is 27.7 Å². The molecule has 2 N–H and O–H groups in total. The van der Waals surface area contributed by atoms with Crippen LogP contribution < -0.4 is 0 Å². The molecule has 212 valence electrons. The Morgan fingerprint density at radius 1 is 0.737 bits per heavy atom. The number of esters is 2. The van der Waals surface area contributed by atoms with Crippen molar-refractivity contribution in [3.8, 4) is 0 Å². The van der Waals surface area contributed by atoms with Gasteiger partial charge in [0.15, 0.2) is 0 Å². The van der Waals surface area contributed by atoms with Crippen molar-refractivity contribution in [2.24, 2.45) is 38.9 Å². The van der Waals surface area contributed by atoms with E-state index in [1.165, 1.54) is 0 Å². The van der Waals surface area contributed by atoms with E-state index >= 15 is 0 Å². The minimum Gasteiger partial charge on any atom is -0.481 e. The molecule has 0 atom stereocenters. The largest absolute Gasteiger partial charge is 0.481 e. The molecule has 0 heterocycles. The van der Waals surface area contributed by atoms with E-state index in [0.29, 0.717) is 25.7 Å². The number of ether oxygens (including phenoxy) is 2. The molecule has 4 aliphatic carbocycles. The second kappa shape index (κ2) is 9.83. The number of carboxylic acid groups (broad SMARTS) is 2. The van der Waals surface area contributed by atoms with Crippen molar-refractivity contribution in [3.05, 3.63) is 24.3 Å². The maximum absolute atomic E-state index is 13.3. The molecule has 0 aliphatic heterocycles. The average molecular weight is 533 g/mol. The number of carbonyl (C=O) groups excluding carboxylic acids is 2. The molecule has 4 aliphatic rings. The van der Waals surface area contributed by atoms with Gasteiger partial charge in [0.2, 0.25) is 0 Å². The Balaban J connectivity index is 2.15. The maximum atomic E-state index is 13.3. The highest BCUT2D eigenvalue weighted by atomic mass is 16.5. The number of hydrogen-bond acceptors (Lipinski definition) is 6. The van der Waals surface area contributed by atoms with Crippen molar-refractivity contribution in [2.75, 3.05) is 13.2 Å². The van der Waals surface area contributed by atoms with Gasteiger partial charge in [-0.15, -0.1) is 0 Å². The molecular formula is C30H44O8. The Morgan fingerprint density at radius 2 is 1.05 bits per heavy atom. The fourth-order valence-electron chi connectivity index (χ4n) is 8.33. The summed E-state index contributed by atoms with van der Waals surface area (Å²) >= 11 is 0. The van der Waals surface area contributed by atoms with Crippen molar-refractivity contribution in [2.45, 2.75) is 86.5 Å². The second-order valence-corrected chi connectivity index (χ2v) is 14.0. The van der Waals surface area contributed by atoms with Crippen LogP contribution in [0.2, 0.25) is 0 Å². The van der Waals surface area contributed by atoms with E-state index in [0.717, 1.165) is 6.42 Å². The van der Waals surface area contributed by atoms with Gasteiger partial charge in [-0.25, -0.2) is 9.59 Å². The molecule has 0 radical (unpaired) electrons. The van der Waals surface area contributed by atoms with Crippen LogP contribution in [0.3, 0.4) is 0 Å². The zero-order chi connectivity index (χ0) is 28.9. The molecule has 0 aromatic carbocycles. The minimum atomic E-state index is -1.25. The zero-order valence-electron chi connectivity index (χ0n) is 23.8. The third-order valence-corrected chi connectivity index (χ3v) is 9.31. The normalized spacial score (nSPS) is 29.4. The molecule has 8 nitrogen and oxygen atoms in total. The molecular weight excluding hydrogens is 488 g/mol. The van der Waals surface area contributed by atoms with Crippen LogP contribution in [0.25, 0.3) is 0 Å². The quantitative estimate of drug-likeness (QED) is 0.252. The molecule has 8 heteroatoms. The Morgan fingerprint density at radius 3 is 1.32 bits per heavy atom. The molecule has 4 bridgehead atoms. The first-order valence-electron chi connectivity index (χ1n) is 13.4. The fraction of sp³-hybridized carbons (Fsp3) is 0.733. The van der Waals surface area contributed by atoms with Crippen molar-refractivity contribution in [1.29, 1.82) is 0 Å². The predicted molar refractivity (Wildman–Crippen MR) is 141 cm³/mol. The molecule has 4 fully saturated rings. The van der Waals surface area contributed by atoms with E-state index in [-0.39, 0.29) is 49.0 Å². The van der Waals surface area contributed by atoms with Crippen molar-refractivity contribution >= 4 is 23.9 Å². The molecule has 4 rings (SSSR count). The SMILES string of the molecule is C=C(C)C(=O)OCC(C)(C)CC1(CC(C)(C)COC(=O)C(=C)C)C2(C(=O)O)CC3CC(C2)CC1(C(=O)O)C3. The van der Waals surface area contributed by atoms with Gasteiger partial charge in [-0.3, -0.25) is 9.59 Å². The van der Waals surface area contributed by atoms with Crippen LogP contribution in [0.15, 0.2) is 24.3 Å². The van der Waals surface area contributed by atoms with Crippen LogP contribution >= 0.6 is 0 Å². The maximum Gasteiger partial charge on any atom is 0.333 e. The summed E-state index contributed by atoms with van der Waals surface area (Å²) in [6.07, 6.45) is 3.04. The molecule has 0 amide bonds. The first kappa shape index (κ1) is 29.9. The van der Waals surface area contributed by atoms with E-state index in [4.69, 9.17) is 9.47 Å². The lowest BCUT2D eigenvalue weighted by Gasteiger charge is -2.71. The van der Waals surface area contributed by atoms with Gasteiger partial charge >= 0.3 is 23.9 Å². The second-order valence-electron chi connectivity index (χ2n) is 14.0. The Hall–Kier alpha value is -2.64. The van der Waals surface area contributed by atoms with Crippen LogP contribution in [-0.4, -0.2) is 47.3 Å². The van der Waals surface area contributed by atoms with Gasteiger partial charge in [-0.2, -0.15) is 0 Å². The minimum absolute atomic E-state index is 0.00374. The Bertz CT molecular complexity index is 954. The van der Waals surface area contributed by atoms with Gasteiger partial charge in [0.1, 0.15) is 0 Å². The van der Waals surface area contributed by atoms with Crippen molar-refractivity contribution in [1.82, 2.24) is 0 Å². The Kier molecular flexibility index (Phi) is 7.74. The summed E-state index contributed by atoms with van der Waals surface area (Å²) in [5, 5.41) is 21.8. The summed E-state index contributed by atoms with van der Waals surface area (Å²) in [4.78, 5) is 51.1. The lowest BCUT2D eigenvalue weighted by Crippen LogP contribution is -2.72. The third kappa shape index (κ3) is 5.03. The summed E-state index contributed by atoms with van der Waals surface area (Å²) in [7, 11) is 0. The van der Waals surface area contributed by atoms with Crippen LogP contribution in [0, 0.1) is 38.9 Å². The average Bonchev–Trinajstić information content (AvgIpc) is 2.77. The van der Waals surface area contributed by atoms with Crippen LogP contribution in [0.1, 0.15) is 86.5 Å². The number of carbonyl (C=O) groups is 4. The molecule has 0 spiro atoms. The van der Waals surface area contributed by atoms with E-state index in [9.17, 15) is 29.4 Å². The topological polar surface area (TPSA) is 127 Å². The third-order valence-electron chi connectivity index (χ3n) is 9.31. The summed E-state index contributed by atoms with van der Waals surface area (Å²) in [5.41, 5.74) is -4.60.